The van der Waals surface area contributed by atoms with Crippen LogP contribution in [0.3, 0.4) is 0 Å². The predicted molar refractivity (Wildman–Crippen MR) is 110 cm³/mol. The van der Waals surface area contributed by atoms with Crippen LogP contribution in [-0.4, -0.2) is 15.8 Å². The summed E-state index contributed by atoms with van der Waals surface area (Å²) in [5, 5.41) is 1.03. The van der Waals surface area contributed by atoms with Gasteiger partial charge in [-0.05, 0) is 54.1 Å². The number of aromatic nitrogens is 1. The highest BCUT2D eigenvalue weighted by Crippen LogP contribution is 2.23. The zero-order chi connectivity index (χ0) is 21.3. The first-order chi connectivity index (χ1) is 14.4. The van der Waals surface area contributed by atoms with Crippen LogP contribution in [-0.2, 0) is 13.1 Å². The number of carbonyl (C=O) groups excluding carboxylic acids is 1. The zero-order valence-electron chi connectivity index (χ0n) is 15.4. The lowest BCUT2D eigenvalue weighted by atomic mass is 10.1. The van der Waals surface area contributed by atoms with Crippen LogP contribution in [0.15, 0.2) is 65.1 Å². The van der Waals surface area contributed by atoms with Crippen LogP contribution < -0.4 is 0 Å². The van der Waals surface area contributed by atoms with Gasteiger partial charge >= 0.3 is 0 Å². The summed E-state index contributed by atoms with van der Waals surface area (Å²) >= 11 is 12.0. The van der Waals surface area contributed by atoms with Crippen LogP contribution in [0.5, 0.6) is 0 Å². The van der Waals surface area contributed by atoms with E-state index in [9.17, 15) is 13.6 Å². The maximum Gasteiger partial charge on any atom is 0.254 e. The van der Waals surface area contributed by atoms with Gasteiger partial charge in [0.1, 0.15) is 5.52 Å². The van der Waals surface area contributed by atoms with Crippen LogP contribution >= 0.6 is 23.2 Å². The van der Waals surface area contributed by atoms with Crippen molar-refractivity contribution < 1.29 is 18.0 Å². The molecule has 0 saturated heterocycles. The second kappa shape index (κ2) is 8.42. The van der Waals surface area contributed by atoms with Gasteiger partial charge < -0.3 is 9.32 Å². The second-order valence-corrected chi connectivity index (χ2v) is 7.51. The zero-order valence-corrected chi connectivity index (χ0v) is 16.9. The average Bonchev–Trinajstić information content (AvgIpc) is 3.10. The van der Waals surface area contributed by atoms with Gasteiger partial charge in [0.05, 0.1) is 6.54 Å². The quantitative estimate of drug-likeness (QED) is 0.363. The van der Waals surface area contributed by atoms with Crippen molar-refractivity contribution in [1.29, 1.82) is 0 Å². The molecule has 0 spiro atoms. The van der Waals surface area contributed by atoms with Crippen LogP contribution in [0.4, 0.5) is 8.78 Å². The number of fused-ring (bicyclic) bond motifs is 1. The third-order valence-electron chi connectivity index (χ3n) is 4.44. The Balaban J connectivity index is 1.67. The SMILES string of the molecule is O=C(c1ccc(F)c(F)c1)N(Cc1cccc(Cl)c1)Cc1nc2cc(Cl)ccc2o1. The van der Waals surface area contributed by atoms with Gasteiger partial charge in [-0.15, -0.1) is 0 Å². The smallest absolute Gasteiger partial charge is 0.254 e. The summed E-state index contributed by atoms with van der Waals surface area (Å²) in [6, 6.07) is 15.1. The first kappa shape index (κ1) is 20.3. The topological polar surface area (TPSA) is 46.3 Å². The van der Waals surface area contributed by atoms with E-state index in [0.29, 0.717) is 21.1 Å². The molecule has 0 aliphatic rings. The summed E-state index contributed by atoms with van der Waals surface area (Å²) in [6.07, 6.45) is 0. The molecule has 4 rings (SSSR count). The molecule has 8 heteroatoms. The molecule has 1 amide bonds. The predicted octanol–water partition coefficient (Wildman–Crippen LogP) is 6.26. The van der Waals surface area contributed by atoms with Gasteiger partial charge in [-0.25, -0.2) is 13.8 Å². The number of carbonyl (C=O) groups is 1. The average molecular weight is 447 g/mol. The van der Waals surface area contributed by atoms with Crippen LogP contribution in [0.1, 0.15) is 21.8 Å². The number of halogens is 4. The third kappa shape index (κ3) is 4.45. The monoisotopic (exact) mass is 446 g/mol. The molecule has 0 aliphatic carbocycles. The molecule has 152 valence electrons. The van der Waals surface area contributed by atoms with Crippen LogP contribution in [0.2, 0.25) is 10.0 Å². The molecule has 0 N–H and O–H groups in total. The first-order valence-corrected chi connectivity index (χ1v) is 9.68. The minimum Gasteiger partial charge on any atom is -0.439 e. The van der Waals surface area contributed by atoms with Crippen molar-refractivity contribution in [2.75, 3.05) is 0 Å². The largest absolute Gasteiger partial charge is 0.439 e. The lowest BCUT2D eigenvalue weighted by Crippen LogP contribution is -2.30. The van der Waals surface area contributed by atoms with E-state index in [4.69, 9.17) is 27.6 Å². The fraction of sp³-hybridized carbons (Fsp3) is 0.0909. The van der Waals surface area contributed by atoms with E-state index >= 15 is 0 Å². The van der Waals surface area contributed by atoms with Gasteiger partial charge in [0.15, 0.2) is 17.2 Å². The van der Waals surface area contributed by atoms with E-state index in [1.165, 1.54) is 11.0 Å². The van der Waals surface area contributed by atoms with Gasteiger partial charge in [-0.2, -0.15) is 0 Å². The standard InChI is InChI=1S/C22H14Cl2F2N2O2/c23-15-3-1-2-13(8-15)11-28(22(29)14-4-6-17(25)18(26)9-14)12-21-27-19-10-16(24)5-7-20(19)30-21/h1-10H,11-12H2. The summed E-state index contributed by atoms with van der Waals surface area (Å²) < 4.78 is 32.7. The minimum atomic E-state index is -1.10. The summed E-state index contributed by atoms with van der Waals surface area (Å²) in [5.74, 6) is -2.34. The molecular formula is C22H14Cl2F2N2O2. The highest BCUT2D eigenvalue weighted by Gasteiger charge is 2.21. The molecule has 4 nitrogen and oxygen atoms in total. The van der Waals surface area contributed by atoms with Gasteiger partial charge in [0.2, 0.25) is 5.89 Å². The van der Waals surface area contributed by atoms with Crippen molar-refractivity contribution in [3.05, 3.63) is 99.4 Å². The van der Waals surface area contributed by atoms with Crippen molar-refractivity contribution in [3.8, 4) is 0 Å². The summed E-state index contributed by atoms with van der Waals surface area (Å²) in [7, 11) is 0. The number of rotatable bonds is 5. The van der Waals surface area contributed by atoms with E-state index < -0.39 is 17.5 Å². The number of amides is 1. The van der Waals surface area contributed by atoms with E-state index in [-0.39, 0.29) is 24.5 Å². The Kier molecular flexibility index (Phi) is 5.70. The van der Waals surface area contributed by atoms with E-state index in [1.807, 2.05) is 6.07 Å². The molecule has 4 aromatic rings. The Bertz CT molecular complexity index is 1240. The second-order valence-electron chi connectivity index (χ2n) is 6.64. The fourth-order valence-corrected chi connectivity index (χ4v) is 3.43. The Morgan fingerprint density at radius 2 is 1.73 bits per heavy atom. The van der Waals surface area contributed by atoms with Crippen molar-refractivity contribution in [2.45, 2.75) is 13.1 Å². The van der Waals surface area contributed by atoms with Crippen molar-refractivity contribution in [3.63, 3.8) is 0 Å². The van der Waals surface area contributed by atoms with Crippen molar-refractivity contribution in [2.24, 2.45) is 0 Å². The molecular weight excluding hydrogens is 433 g/mol. The molecule has 1 heterocycles. The molecule has 1 aromatic heterocycles. The Hall–Kier alpha value is -2.96. The maximum atomic E-state index is 13.7. The summed E-state index contributed by atoms with van der Waals surface area (Å²) in [5.41, 5.74) is 1.85. The number of oxazole rings is 1. The highest BCUT2D eigenvalue weighted by molar-refractivity contribution is 6.31. The van der Waals surface area contributed by atoms with Gasteiger partial charge in [0.25, 0.3) is 5.91 Å². The first-order valence-electron chi connectivity index (χ1n) is 8.93. The number of hydrogen-bond donors (Lipinski definition) is 0. The molecule has 30 heavy (non-hydrogen) atoms. The highest BCUT2D eigenvalue weighted by atomic mass is 35.5. The molecule has 3 aromatic carbocycles. The lowest BCUT2D eigenvalue weighted by Gasteiger charge is -2.21. The summed E-state index contributed by atoms with van der Waals surface area (Å²) in [6.45, 7) is 0.175. The Morgan fingerprint density at radius 3 is 2.50 bits per heavy atom. The molecule has 0 fully saturated rings. The van der Waals surface area contributed by atoms with Crippen LogP contribution in [0, 0.1) is 11.6 Å². The third-order valence-corrected chi connectivity index (χ3v) is 4.91. The van der Waals surface area contributed by atoms with E-state index in [2.05, 4.69) is 4.98 Å². The lowest BCUT2D eigenvalue weighted by molar-refractivity contribution is 0.0714. The minimum absolute atomic E-state index is 0.00934. The Labute approximate surface area is 180 Å². The fourth-order valence-electron chi connectivity index (χ4n) is 3.05. The number of hydrogen-bond acceptors (Lipinski definition) is 3. The van der Waals surface area contributed by atoms with E-state index in [0.717, 1.165) is 17.7 Å². The Morgan fingerprint density at radius 1 is 0.933 bits per heavy atom. The molecule has 0 unspecified atom stereocenters. The number of benzene rings is 3. The number of nitrogens with zero attached hydrogens (tertiary/aromatic N) is 2. The molecule has 0 radical (unpaired) electrons. The van der Waals surface area contributed by atoms with Gasteiger partial charge in [-0.3, -0.25) is 4.79 Å². The molecule has 0 atom stereocenters. The van der Waals surface area contributed by atoms with Gasteiger partial charge in [0, 0.05) is 22.2 Å². The summed E-state index contributed by atoms with van der Waals surface area (Å²) in [4.78, 5) is 18.9. The molecule has 0 saturated carbocycles. The molecule has 0 bridgehead atoms. The maximum absolute atomic E-state index is 13.7. The van der Waals surface area contributed by atoms with Crippen LogP contribution in [0.25, 0.3) is 11.1 Å². The normalized spacial score (nSPS) is 11.1. The van der Waals surface area contributed by atoms with Crippen molar-refractivity contribution in [1.82, 2.24) is 9.88 Å². The molecule has 0 aliphatic heterocycles. The van der Waals surface area contributed by atoms with Crippen molar-refractivity contribution >= 4 is 40.2 Å². The van der Waals surface area contributed by atoms with E-state index in [1.54, 1.807) is 36.4 Å². The van der Waals surface area contributed by atoms with Gasteiger partial charge in [-0.1, -0.05) is 35.3 Å².